The molecule has 0 aliphatic carbocycles. The van der Waals surface area contributed by atoms with E-state index in [0.717, 1.165) is 23.7 Å². The molecule has 0 saturated carbocycles. The molecule has 0 aliphatic rings. The van der Waals surface area contributed by atoms with Crippen molar-refractivity contribution < 1.29 is 9.84 Å². The Morgan fingerprint density at radius 2 is 1.95 bits per heavy atom. The molecule has 1 unspecified atom stereocenters. The number of benzene rings is 1. The average molecular weight is 303 g/mol. The number of aliphatic hydroxyl groups is 1. The van der Waals surface area contributed by atoms with Gasteiger partial charge in [-0.15, -0.1) is 0 Å². The molecule has 0 radical (unpaired) electrons. The standard InChI is InChI=1S/C17H25N3O2/c1-5-20-14(4)17(13(3)19-20)12(2)18-15-6-8-16(9-7-15)22-11-10-21/h6-9,12,18,21H,5,10-11H2,1-4H3. The molecule has 1 aromatic carbocycles. The van der Waals surface area contributed by atoms with Gasteiger partial charge in [-0.1, -0.05) is 0 Å². The van der Waals surface area contributed by atoms with Gasteiger partial charge in [0.05, 0.1) is 18.3 Å². The smallest absolute Gasteiger partial charge is 0.119 e. The number of anilines is 1. The van der Waals surface area contributed by atoms with E-state index < -0.39 is 0 Å². The number of nitrogens with one attached hydrogen (secondary N) is 1. The van der Waals surface area contributed by atoms with Crippen LogP contribution in [0.1, 0.15) is 36.8 Å². The van der Waals surface area contributed by atoms with E-state index in [4.69, 9.17) is 9.84 Å². The van der Waals surface area contributed by atoms with E-state index >= 15 is 0 Å². The monoisotopic (exact) mass is 303 g/mol. The van der Waals surface area contributed by atoms with Crippen LogP contribution in [0, 0.1) is 13.8 Å². The Balaban J connectivity index is 2.08. The zero-order valence-electron chi connectivity index (χ0n) is 13.8. The van der Waals surface area contributed by atoms with Crippen molar-refractivity contribution in [1.29, 1.82) is 0 Å². The van der Waals surface area contributed by atoms with Gasteiger partial charge in [0.2, 0.25) is 0 Å². The number of hydrogen-bond donors (Lipinski definition) is 2. The average Bonchev–Trinajstić information content (AvgIpc) is 2.80. The van der Waals surface area contributed by atoms with Gasteiger partial charge in [-0.25, -0.2) is 0 Å². The summed E-state index contributed by atoms with van der Waals surface area (Å²) >= 11 is 0. The second kappa shape index (κ2) is 7.31. The maximum absolute atomic E-state index is 8.76. The molecule has 0 spiro atoms. The SMILES string of the molecule is CCn1nc(C)c(C(C)Nc2ccc(OCCO)cc2)c1C. The molecule has 2 aromatic rings. The van der Waals surface area contributed by atoms with Gasteiger partial charge in [0.25, 0.3) is 0 Å². The summed E-state index contributed by atoms with van der Waals surface area (Å²) in [5.41, 5.74) is 4.57. The summed E-state index contributed by atoms with van der Waals surface area (Å²) in [6.07, 6.45) is 0. The summed E-state index contributed by atoms with van der Waals surface area (Å²) in [6, 6.07) is 7.96. The lowest BCUT2D eigenvalue weighted by atomic mass is 10.1. The minimum atomic E-state index is 0.0248. The van der Waals surface area contributed by atoms with E-state index in [1.54, 1.807) is 0 Å². The lowest BCUT2D eigenvalue weighted by molar-refractivity contribution is 0.201. The highest BCUT2D eigenvalue weighted by Gasteiger charge is 2.16. The summed E-state index contributed by atoms with van der Waals surface area (Å²) in [7, 11) is 0. The predicted octanol–water partition coefficient (Wildman–Crippen LogP) is 3.06. The lowest BCUT2D eigenvalue weighted by Crippen LogP contribution is -2.09. The zero-order chi connectivity index (χ0) is 16.1. The molecule has 0 saturated heterocycles. The van der Waals surface area contributed by atoms with Crippen LogP contribution in [0.5, 0.6) is 5.75 Å². The van der Waals surface area contributed by atoms with Crippen molar-refractivity contribution in [3.8, 4) is 5.75 Å². The van der Waals surface area contributed by atoms with Crippen LogP contribution in [0.2, 0.25) is 0 Å². The van der Waals surface area contributed by atoms with Crippen LogP contribution in [-0.4, -0.2) is 28.1 Å². The van der Waals surface area contributed by atoms with Crippen LogP contribution in [-0.2, 0) is 6.54 Å². The van der Waals surface area contributed by atoms with Gasteiger partial charge in [0.1, 0.15) is 12.4 Å². The fraction of sp³-hybridized carbons (Fsp3) is 0.471. The summed E-state index contributed by atoms with van der Waals surface area (Å²) in [5, 5.41) is 16.8. The first kappa shape index (κ1) is 16.4. The first-order chi connectivity index (χ1) is 10.6. The van der Waals surface area contributed by atoms with Crippen molar-refractivity contribution in [1.82, 2.24) is 9.78 Å². The molecule has 0 aliphatic heterocycles. The Kier molecular flexibility index (Phi) is 5.44. The van der Waals surface area contributed by atoms with Crippen LogP contribution < -0.4 is 10.1 Å². The minimum Gasteiger partial charge on any atom is -0.491 e. The molecule has 0 fully saturated rings. The largest absolute Gasteiger partial charge is 0.491 e. The highest BCUT2D eigenvalue weighted by atomic mass is 16.5. The Morgan fingerprint density at radius 3 is 2.50 bits per heavy atom. The van der Waals surface area contributed by atoms with Gasteiger partial charge in [-0.05, 0) is 52.0 Å². The number of rotatable bonds is 7. The summed E-state index contributed by atoms with van der Waals surface area (Å²) in [6.45, 7) is 9.64. The molecule has 0 bridgehead atoms. The second-order valence-corrected chi connectivity index (χ2v) is 5.36. The first-order valence-electron chi connectivity index (χ1n) is 7.71. The van der Waals surface area contributed by atoms with Gasteiger partial charge in [-0.2, -0.15) is 5.10 Å². The third-order valence-electron chi connectivity index (χ3n) is 3.77. The molecule has 22 heavy (non-hydrogen) atoms. The van der Waals surface area contributed by atoms with E-state index in [-0.39, 0.29) is 12.6 Å². The molecule has 1 atom stereocenters. The predicted molar refractivity (Wildman–Crippen MR) is 88.4 cm³/mol. The fourth-order valence-corrected chi connectivity index (χ4v) is 2.78. The van der Waals surface area contributed by atoms with E-state index in [0.29, 0.717) is 6.61 Å². The number of aromatic nitrogens is 2. The topological polar surface area (TPSA) is 59.3 Å². The first-order valence-corrected chi connectivity index (χ1v) is 7.71. The molecule has 120 valence electrons. The van der Waals surface area contributed by atoms with Gasteiger partial charge >= 0.3 is 0 Å². The number of ether oxygens (including phenoxy) is 1. The molecule has 1 heterocycles. The number of nitrogens with zero attached hydrogens (tertiary/aromatic N) is 2. The normalized spacial score (nSPS) is 12.2. The van der Waals surface area contributed by atoms with Gasteiger partial charge in [0, 0.05) is 23.5 Å². The highest BCUT2D eigenvalue weighted by molar-refractivity contribution is 5.49. The van der Waals surface area contributed by atoms with Crippen molar-refractivity contribution >= 4 is 5.69 Å². The fourth-order valence-electron chi connectivity index (χ4n) is 2.78. The Labute approximate surface area is 131 Å². The molecule has 0 amide bonds. The van der Waals surface area contributed by atoms with E-state index in [2.05, 4.69) is 38.1 Å². The second-order valence-electron chi connectivity index (χ2n) is 5.36. The summed E-state index contributed by atoms with van der Waals surface area (Å²) in [4.78, 5) is 0. The van der Waals surface area contributed by atoms with Crippen LogP contribution >= 0.6 is 0 Å². The van der Waals surface area contributed by atoms with Crippen molar-refractivity contribution in [3.05, 3.63) is 41.2 Å². The molecular weight excluding hydrogens is 278 g/mol. The quantitative estimate of drug-likeness (QED) is 0.825. The van der Waals surface area contributed by atoms with Crippen molar-refractivity contribution in [3.63, 3.8) is 0 Å². The van der Waals surface area contributed by atoms with Gasteiger partial charge < -0.3 is 15.2 Å². The Bertz CT molecular complexity index is 605. The van der Waals surface area contributed by atoms with Crippen LogP contribution in [0.4, 0.5) is 5.69 Å². The van der Waals surface area contributed by atoms with Crippen molar-refractivity contribution in [2.45, 2.75) is 40.3 Å². The van der Waals surface area contributed by atoms with E-state index in [9.17, 15) is 0 Å². The zero-order valence-corrected chi connectivity index (χ0v) is 13.8. The minimum absolute atomic E-state index is 0.0248. The Hall–Kier alpha value is -2.01. The molecule has 5 heteroatoms. The van der Waals surface area contributed by atoms with Crippen LogP contribution in [0.25, 0.3) is 0 Å². The van der Waals surface area contributed by atoms with E-state index in [1.807, 2.05) is 28.9 Å². The van der Waals surface area contributed by atoms with E-state index in [1.165, 1.54) is 11.3 Å². The molecule has 2 N–H and O–H groups in total. The molecule has 5 nitrogen and oxygen atoms in total. The molecular formula is C17H25N3O2. The summed E-state index contributed by atoms with van der Waals surface area (Å²) in [5.74, 6) is 0.762. The molecule has 2 rings (SSSR count). The third kappa shape index (κ3) is 3.60. The van der Waals surface area contributed by atoms with Gasteiger partial charge in [-0.3, -0.25) is 4.68 Å². The maximum Gasteiger partial charge on any atom is 0.119 e. The number of aliphatic hydroxyl groups excluding tert-OH is 1. The number of aryl methyl sites for hydroxylation is 2. The third-order valence-corrected chi connectivity index (χ3v) is 3.77. The molecule has 1 aromatic heterocycles. The van der Waals surface area contributed by atoms with Crippen LogP contribution in [0.3, 0.4) is 0 Å². The van der Waals surface area contributed by atoms with Gasteiger partial charge in [0.15, 0.2) is 0 Å². The summed E-state index contributed by atoms with van der Waals surface area (Å²) < 4.78 is 7.40. The van der Waals surface area contributed by atoms with Crippen LogP contribution in [0.15, 0.2) is 24.3 Å². The highest BCUT2D eigenvalue weighted by Crippen LogP contribution is 2.26. The number of hydrogen-bond acceptors (Lipinski definition) is 4. The van der Waals surface area contributed by atoms with Crippen molar-refractivity contribution in [2.75, 3.05) is 18.5 Å². The lowest BCUT2D eigenvalue weighted by Gasteiger charge is -2.16. The Morgan fingerprint density at radius 1 is 1.27 bits per heavy atom. The van der Waals surface area contributed by atoms with Crippen molar-refractivity contribution in [2.24, 2.45) is 0 Å². The maximum atomic E-state index is 8.76.